The lowest BCUT2D eigenvalue weighted by atomic mass is 10.2. The molecule has 36 heavy (non-hydrogen) atoms. The van der Waals surface area contributed by atoms with E-state index < -0.39 is 23.7 Å². The highest BCUT2D eigenvalue weighted by atomic mass is 19.4. The van der Waals surface area contributed by atoms with Crippen LogP contribution >= 0.6 is 0 Å². The fourth-order valence-corrected chi connectivity index (χ4v) is 3.41. The molecule has 2 aromatic heterocycles. The maximum absolute atomic E-state index is 13.4. The maximum Gasteiger partial charge on any atom is 0.435 e. The minimum atomic E-state index is -4.75. The van der Waals surface area contributed by atoms with Crippen molar-refractivity contribution in [2.24, 2.45) is 5.73 Å². The number of aromatic nitrogens is 4. The van der Waals surface area contributed by atoms with E-state index in [1.165, 1.54) is 42.4 Å². The zero-order chi connectivity index (χ0) is 25.9. The zero-order valence-electron chi connectivity index (χ0n) is 18.8. The molecule has 2 aromatic carbocycles. The van der Waals surface area contributed by atoms with Crippen LogP contribution < -0.4 is 16.5 Å². The summed E-state index contributed by atoms with van der Waals surface area (Å²) in [7, 11) is 1.30. The molecule has 186 valence electrons. The Kier molecular flexibility index (Phi) is 6.85. The SMILES string of the molecule is CONC(=O)c1cncn1-c1ccc(NC(=O)c2cc(C(F)(F)F)nn2-c2cccc(CN)c2)cc1. The number of carbonyl (C=O) groups is 2. The van der Waals surface area contributed by atoms with Gasteiger partial charge in [0.15, 0.2) is 5.69 Å². The summed E-state index contributed by atoms with van der Waals surface area (Å²) in [5, 5.41) is 6.19. The van der Waals surface area contributed by atoms with Gasteiger partial charge in [-0.2, -0.15) is 18.3 Å². The van der Waals surface area contributed by atoms with Crippen LogP contribution in [-0.2, 0) is 17.6 Å². The van der Waals surface area contributed by atoms with Crippen LogP contribution in [0.1, 0.15) is 32.2 Å². The number of amides is 2. The van der Waals surface area contributed by atoms with Gasteiger partial charge in [-0.05, 0) is 42.0 Å². The van der Waals surface area contributed by atoms with E-state index in [1.54, 1.807) is 30.3 Å². The number of anilines is 1. The van der Waals surface area contributed by atoms with Crippen LogP contribution in [0.4, 0.5) is 18.9 Å². The Morgan fingerprint density at radius 1 is 1.03 bits per heavy atom. The molecule has 0 bridgehead atoms. The van der Waals surface area contributed by atoms with Crippen molar-refractivity contribution in [2.45, 2.75) is 12.7 Å². The number of hydrogen-bond donors (Lipinski definition) is 3. The van der Waals surface area contributed by atoms with Crippen LogP contribution in [0.15, 0.2) is 67.1 Å². The van der Waals surface area contributed by atoms with E-state index in [9.17, 15) is 22.8 Å². The third kappa shape index (κ3) is 5.11. The first kappa shape index (κ1) is 24.6. The van der Waals surface area contributed by atoms with Crippen molar-refractivity contribution in [2.75, 3.05) is 12.4 Å². The van der Waals surface area contributed by atoms with Crippen molar-refractivity contribution in [1.29, 1.82) is 0 Å². The van der Waals surface area contributed by atoms with Crippen LogP contribution in [0.2, 0.25) is 0 Å². The molecule has 0 aliphatic heterocycles. The van der Waals surface area contributed by atoms with E-state index in [1.807, 2.05) is 0 Å². The number of nitrogens with zero attached hydrogens (tertiary/aromatic N) is 4. The standard InChI is InChI=1S/C23H20F3N7O3/c1-36-31-22(35)19-12-28-13-32(19)16-7-5-15(6-8-16)29-21(34)18-10-20(23(24,25)26)30-33(18)17-4-2-3-14(9-17)11-27/h2-10,12-13H,11,27H2,1H3,(H,29,34)(H,31,35). The van der Waals surface area contributed by atoms with Gasteiger partial charge in [-0.25, -0.2) is 15.1 Å². The number of hydrogen-bond acceptors (Lipinski definition) is 6. The number of rotatable bonds is 7. The first-order valence-electron chi connectivity index (χ1n) is 10.5. The molecule has 0 atom stereocenters. The minimum Gasteiger partial charge on any atom is -0.326 e. The number of alkyl halides is 3. The van der Waals surface area contributed by atoms with Crippen molar-refractivity contribution >= 4 is 17.5 Å². The molecule has 0 saturated heterocycles. The molecule has 2 heterocycles. The van der Waals surface area contributed by atoms with Crippen molar-refractivity contribution < 1.29 is 27.6 Å². The lowest BCUT2D eigenvalue weighted by Gasteiger charge is -2.11. The molecule has 4 rings (SSSR count). The summed E-state index contributed by atoms with van der Waals surface area (Å²) in [6.07, 6.45) is -1.97. The Bertz CT molecular complexity index is 1390. The quantitative estimate of drug-likeness (QED) is 0.335. The highest BCUT2D eigenvalue weighted by molar-refractivity contribution is 6.03. The summed E-state index contributed by atoms with van der Waals surface area (Å²) in [5.41, 5.74) is 8.31. The smallest absolute Gasteiger partial charge is 0.326 e. The van der Waals surface area contributed by atoms with Gasteiger partial charge < -0.3 is 11.1 Å². The van der Waals surface area contributed by atoms with Crippen molar-refractivity contribution in [3.63, 3.8) is 0 Å². The third-order valence-corrected chi connectivity index (χ3v) is 5.09. The van der Waals surface area contributed by atoms with Gasteiger partial charge in [0.05, 0.1) is 25.3 Å². The Morgan fingerprint density at radius 3 is 2.44 bits per heavy atom. The van der Waals surface area contributed by atoms with Crippen molar-refractivity contribution in [3.8, 4) is 11.4 Å². The molecule has 0 fully saturated rings. The largest absolute Gasteiger partial charge is 0.435 e. The average molecular weight is 499 g/mol. The van der Waals surface area contributed by atoms with Gasteiger partial charge in [0, 0.05) is 24.0 Å². The molecule has 4 N–H and O–H groups in total. The van der Waals surface area contributed by atoms with E-state index in [0.29, 0.717) is 23.0 Å². The number of imidazole rings is 1. The molecule has 0 radical (unpaired) electrons. The highest BCUT2D eigenvalue weighted by Gasteiger charge is 2.36. The predicted octanol–water partition coefficient (Wildman–Crippen LogP) is 3.08. The Morgan fingerprint density at radius 2 is 1.78 bits per heavy atom. The van der Waals surface area contributed by atoms with E-state index in [2.05, 4.69) is 25.7 Å². The topological polar surface area (TPSA) is 129 Å². The Hall–Kier alpha value is -4.49. The van der Waals surface area contributed by atoms with Crippen LogP contribution in [-0.4, -0.2) is 38.3 Å². The molecule has 0 spiro atoms. The van der Waals surface area contributed by atoms with Crippen LogP contribution in [0.25, 0.3) is 11.4 Å². The summed E-state index contributed by atoms with van der Waals surface area (Å²) in [4.78, 5) is 33.6. The summed E-state index contributed by atoms with van der Waals surface area (Å²) in [5.74, 6) is -1.31. The molecule has 0 aliphatic carbocycles. The summed E-state index contributed by atoms with van der Waals surface area (Å²) < 4.78 is 42.6. The molecule has 2 amide bonds. The van der Waals surface area contributed by atoms with E-state index >= 15 is 0 Å². The van der Waals surface area contributed by atoms with Crippen LogP contribution in [0.5, 0.6) is 0 Å². The van der Waals surface area contributed by atoms with Crippen molar-refractivity contribution in [3.05, 3.63) is 89.8 Å². The predicted molar refractivity (Wildman–Crippen MR) is 122 cm³/mol. The lowest BCUT2D eigenvalue weighted by Crippen LogP contribution is -2.24. The number of benzene rings is 2. The Labute approximate surface area is 202 Å². The molecule has 10 nitrogen and oxygen atoms in total. The molecular weight excluding hydrogens is 479 g/mol. The lowest BCUT2D eigenvalue weighted by molar-refractivity contribution is -0.141. The van der Waals surface area contributed by atoms with Gasteiger partial charge in [-0.15, -0.1) is 0 Å². The number of carbonyl (C=O) groups excluding carboxylic acids is 2. The summed E-state index contributed by atoms with van der Waals surface area (Å²) >= 11 is 0. The molecule has 13 heteroatoms. The van der Waals surface area contributed by atoms with E-state index in [0.717, 1.165) is 4.68 Å². The first-order chi connectivity index (χ1) is 17.2. The second-order valence-corrected chi connectivity index (χ2v) is 7.48. The summed E-state index contributed by atoms with van der Waals surface area (Å²) in [6.45, 7) is 0.168. The Balaban J connectivity index is 1.61. The second-order valence-electron chi connectivity index (χ2n) is 7.48. The first-order valence-corrected chi connectivity index (χ1v) is 10.5. The number of hydroxylamine groups is 1. The van der Waals surface area contributed by atoms with Crippen molar-refractivity contribution in [1.82, 2.24) is 24.8 Å². The third-order valence-electron chi connectivity index (χ3n) is 5.09. The molecule has 4 aromatic rings. The van der Waals surface area contributed by atoms with Gasteiger partial charge in [0.1, 0.15) is 11.4 Å². The van der Waals surface area contributed by atoms with Gasteiger partial charge in [-0.3, -0.25) is 19.0 Å². The van der Waals surface area contributed by atoms with Crippen LogP contribution in [0, 0.1) is 0 Å². The zero-order valence-corrected chi connectivity index (χ0v) is 18.8. The monoisotopic (exact) mass is 499 g/mol. The van der Waals surface area contributed by atoms with Crippen LogP contribution in [0.3, 0.4) is 0 Å². The van der Waals surface area contributed by atoms with E-state index in [4.69, 9.17) is 5.73 Å². The molecule has 0 aliphatic rings. The van der Waals surface area contributed by atoms with Gasteiger partial charge in [0.25, 0.3) is 11.8 Å². The summed E-state index contributed by atoms with van der Waals surface area (Å²) in [6, 6.07) is 13.4. The number of nitrogens with two attached hydrogens (primary N) is 1. The molecule has 0 saturated carbocycles. The van der Waals surface area contributed by atoms with Gasteiger partial charge >= 0.3 is 6.18 Å². The molecule has 0 unspecified atom stereocenters. The second kappa shape index (κ2) is 10.0. The van der Waals surface area contributed by atoms with Gasteiger partial charge in [-0.1, -0.05) is 12.1 Å². The fraction of sp³-hybridized carbons (Fsp3) is 0.130. The van der Waals surface area contributed by atoms with Gasteiger partial charge in [0.2, 0.25) is 0 Å². The van der Waals surface area contributed by atoms with E-state index in [-0.39, 0.29) is 23.6 Å². The highest BCUT2D eigenvalue weighted by Crippen LogP contribution is 2.30. The number of halogens is 3. The molecular formula is C23H20F3N7O3. The number of nitrogens with one attached hydrogen (secondary N) is 2. The normalized spacial score (nSPS) is 11.4. The maximum atomic E-state index is 13.4. The average Bonchev–Trinajstić information content (AvgIpc) is 3.53. The minimum absolute atomic E-state index is 0.168. The fourth-order valence-electron chi connectivity index (χ4n) is 3.41.